The summed E-state index contributed by atoms with van der Waals surface area (Å²) in [6.45, 7) is 0.236. The van der Waals surface area contributed by atoms with Crippen molar-refractivity contribution >= 4 is 23.1 Å². The summed E-state index contributed by atoms with van der Waals surface area (Å²) in [5, 5.41) is 2.79. The van der Waals surface area contributed by atoms with Gasteiger partial charge >= 0.3 is 6.18 Å². The highest BCUT2D eigenvalue weighted by Gasteiger charge is 2.29. The van der Waals surface area contributed by atoms with E-state index in [1.807, 2.05) is 6.07 Å². The Hall–Kier alpha value is -2.15. The van der Waals surface area contributed by atoms with Crippen molar-refractivity contribution in [3.05, 3.63) is 59.9 Å². The summed E-state index contributed by atoms with van der Waals surface area (Å²) in [4.78, 5) is 3.93. The number of benzene rings is 1. The van der Waals surface area contributed by atoms with E-state index in [9.17, 15) is 13.2 Å². The van der Waals surface area contributed by atoms with Gasteiger partial charge in [-0.25, -0.2) is 0 Å². The molecule has 1 aromatic heterocycles. The Kier molecular flexibility index (Phi) is 4.74. The highest BCUT2D eigenvalue weighted by atomic mass is 32.1. The van der Waals surface area contributed by atoms with Crippen LogP contribution in [0.1, 0.15) is 11.1 Å². The highest BCUT2D eigenvalue weighted by molar-refractivity contribution is 7.80. The molecule has 0 saturated heterocycles. The van der Waals surface area contributed by atoms with E-state index >= 15 is 0 Å². The molecule has 0 amide bonds. The van der Waals surface area contributed by atoms with Gasteiger partial charge < -0.3 is 10.1 Å². The molecule has 0 atom stereocenters. The fraction of sp³-hybridized carbons (Fsp3) is 0.143. The van der Waals surface area contributed by atoms with Crippen LogP contribution in [-0.2, 0) is 17.5 Å². The Bertz CT molecular complexity index is 600. The molecule has 2 aromatic rings. The van der Waals surface area contributed by atoms with Crippen molar-refractivity contribution in [1.29, 1.82) is 0 Å². The number of halogens is 3. The molecule has 0 spiro atoms. The molecule has 1 N–H and O–H groups in total. The first-order valence-corrected chi connectivity index (χ1v) is 6.36. The number of ether oxygens (including phenoxy) is 1. The number of rotatable bonds is 3. The van der Waals surface area contributed by atoms with E-state index < -0.39 is 11.7 Å². The Morgan fingerprint density at radius 2 is 1.90 bits per heavy atom. The smallest absolute Gasteiger partial charge is 0.416 e. The molecule has 0 saturated carbocycles. The van der Waals surface area contributed by atoms with Gasteiger partial charge in [0.05, 0.1) is 5.56 Å². The second-order valence-electron chi connectivity index (χ2n) is 4.14. The minimum atomic E-state index is -4.35. The number of alkyl halides is 3. The van der Waals surface area contributed by atoms with E-state index in [0.29, 0.717) is 5.69 Å². The second-order valence-corrected chi connectivity index (χ2v) is 4.51. The fourth-order valence-corrected chi connectivity index (χ4v) is 1.71. The van der Waals surface area contributed by atoms with Crippen LogP contribution >= 0.6 is 12.2 Å². The third kappa shape index (κ3) is 4.71. The van der Waals surface area contributed by atoms with Gasteiger partial charge in [0.2, 0.25) is 0 Å². The molecule has 0 aliphatic rings. The molecule has 1 heterocycles. The Labute approximate surface area is 124 Å². The van der Waals surface area contributed by atoms with E-state index in [4.69, 9.17) is 17.0 Å². The highest BCUT2D eigenvalue weighted by Crippen LogP contribution is 2.29. The van der Waals surface area contributed by atoms with Crippen molar-refractivity contribution < 1.29 is 17.9 Å². The molecule has 1 aromatic carbocycles. The van der Waals surface area contributed by atoms with Gasteiger partial charge in [0.25, 0.3) is 5.17 Å². The first-order chi connectivity index (χ1) is 9.95. The minimum Gasteiger partial charge on any atom is -0.466 e. The Morgan fingerprint density at radius 3 is 2.48 bits per heavy atom. The Morgan fingerprint density at radius 1 is 1.19 bits per heavy atom. The van der Waals surface area contributed by atoms with Crippen LogP contribution in [0.4, 0.5) is 18.9 Å². The van der Waals surface area contributed by atoms with Crippen molar-refractivity contribution in [2.45, 2.75) is 12.8 Å². The van der Waals surface area contributed by atoms with Gasteiger partial charge in [-0.3, -0.25) is 4.98 Å². The number of anilines is 1. The molecule has 0 aliphatic carbocycles. The molecule has 7 heteroatoms. The third-order valence-corrected chi connectivity index (χ3v) is 2.77. The van der Waals surface area contributed by atoms with Crippen molar-refractivity contribution in [1.82, 2.24) is 4.98 Å². The molecule has 21 heavy (non-hydrogen) atoms. The lowest BCUT2D eigenvalue weighted by Gasteiger charge is -2.11. The van der Waals surface area contributed by atoms with Crippen LogP contribution in [0, 0.1) is 0 Å². The van der Waals surface area contributed by atoms with Crippen LogP contribution in [0.15, 0.2) is 48.8 Å². The second kappa shape index (κ2) is 6.53. The predicted octanol–water partition coefficient (Wildman–Crippen LogP) is 4.01. The van der Waals surface area contributed by atoms with E-state index in [1.54, 1.807) is 18.5 Å². The van der Waals surface area contributed by atoms with E-state index in [-0.39, 0.29) is 11.8 Å². The summed E-state index contributed by atoms with van der Waals surface area (Å²) in [6, 6.07) is 8.14. The van der Waals surface area contributed by atoms with Crippen LogP contribution in [0.25, 0.3) is 0 Å². The average Bonchev–Trinajstić information content (AvgIpc) is 2.46. The zero-order chi connectivity index (χ0) is 15.3. The van der Waals surface area contributed by atoms with E-state index in [1.165, 1.54) is 12.1 Å². The van der Waals surface area contributed by atoms with Crippen LogP contribution < -0.4 is 5.32 Å². The molecular weight excluding hydrogens is 301 g/mol. The number of hydrogen-bond donors (Lipinski definition) is 1. The van der Waals surface area contributed by atoms with Crippen LogP contribution in [0.5, 0.6) is 0 Å². The summed E-state index contributed by atoms with van der Waals surface area (Å²) in [7, 11) is 0. The zero-order valence-corrected chi connectivity index (χ0v) is 11.5. The van der Waals surface area contributed by atoms with Crippen LogP contribution in [0.2, 0.25) is 0 Å². The third-order valence-electron chi connectivity index (χ3n) is 2.55. The predicted molar refractivity (Wildman–Crippen MR) is 76.7 cm³/mol. The molecule has 110 valence electrons. The number of nitrogens with one attached hydrogen (secondary N) is 1. The van der Waals surface area contributed by atoms with Gasteiger partial charge in [0.1, 0.15) is 6.61 Å². The van der Waals surface area contributed by atoms with Crippen molar-refractivity contribution in [2.75, 3.05) is 5.32 Å². The molecule has 2 rings (SSSR count). The van der Waals surface area contributed by atoms with Crippen molar-refractivity contribution in [3.63, 3.8) is 0 Å². The van der Waals surface area contributed by atoms with Gasteiger partial charge in [-0.15, -0.1) is 0 Å². The summed E-state index contributed by atoms with van der Waals surface area (Å²) in [5.74, 6) is 0. The number of nitrogens with zero attached hydrogens (tertiary/aromatic N) is 1. The Balaban J connectivity index is 1.88. The number of hydrogen-bond acceptors (Lipinski definition) is 3. The van der Waals surface area contributed by atoms with E-state index in [2.05, 4.69) is 10.3 Å². The van der Waals surface area contributed by atoms with Gasteiger partial charge in [0.15, 0.2) is 0 Å². The van der Waals surface area contributed by atoms with Gasteiger partial charge in [0, 0.05) is 23.6 Å². The number of pyridine rings is 1. The maximum atomic E-state index is 12.4. The van der Waals surface area contributed by atoms with Crippen LogP contribution in [0.3, 0.4) is 0 Å². The molecular formula is C14H11F3N2OS. The molecule has 0 unspecified atom stereocenters. The summed E-state index contributed by atoms with van der Waals surface area (Å²) in [5.41, 5.74) is 0.559. The first kappa shape index (κ1) is 15.2. The van der Waals surface area contributed by atoms with Crippen molar-refractivity contribution in [3.8, 4) is 0 Å². The summed E-state index contributed by atoms with van der Waals surface area (Å²) >= 11 is 4.97. The molecule has 0 aliphatic heterocycles. The molecule has 0 radical (unpaired) electrons. The lowest BCUT2D eigenvalue weighted by Crippen LogP contribution is -2.13. The first-order valence-electron chi connectivity index (χ1n) is 5.95. The molecule has 0 fully saturated rings. The quantitative estimate of drug-likeness (QED) is 0.868. The maximum Gasteiger partial charge on any atom is 0.416 e. The topological polar surface area (TPSA) is 34.1 Å². The lowest BCUT2D eigenvalue weighted by atomic mass is 10.2. The number of aromatic nitrogens is 1. The summed E-state index contributed by atoms with van der Waals surface area (Å²) in [6.07, 6.45) is -1.07. The lowest BCUT2D eigenvalue weighted by molar-refractivity contribution is -0.137. The van der Waals surface area contributed by atoms with Gasteiger partial charge in [-0.1, -0.05) is 6.07 Å². The van der Waals surface area contributed by atoms with Gasteiger partial charge in [-0.05, 0) is 42.5 Å². The standard InChI is InChI=1S/C14H11F3N2OS/c15-14(16,17)11-3-5-12(6-4-11)19-13(21)20-9-10-2-1-7-18-8-10/h1-8H,9H2,(H,19,21). The SMILES string of the molecule is FC(F)(F)c1ccc(NC(=S)OCc2cccnc2)cc1. The van der Waals surface area contributed by atoms with Gasteiger partial charge in [-0.2, -0.15) is 13.2 Å². The van der Waals surface area contributed by atoms with Crippen LogP contribution in [-0.4, -0.2) is 10.2 Å². The fourth-order valence-electron chi connectivity index (χ4n) is 1.53. The van der Waals surface area contributed by atoms with Crippen molar-refractivity contribution in [2.24, 2.45) is 0 Å². The van der Waals surface area contributed by atoms with E-state index in [0.717, 1.165) is 17.7 Å². The monoisotopic (exact) mass is 312 g/mol. The summed E-state index contributed by atoms with van der Waals surface area (Å²) < 4.78 is 42.5. The average molecular weight is 312 g/mol. The normalized spacial score (nSPS) is 11.0. The minimum absolute atomic E-state index is 0.0820. The molecule has 3 nitrogen and oxygen atoms in total. The number of thiocarbonyl (C=S) groups is 1. The largest absolute Gasteiger partial charge is 0.466 e. The molecule has 0 bridgehead atoms. The zero-order valence-electron chi connectivity index (χ0n) is 10.7. The maximum absolute atomic E-state index is 12.4.